The number of likely N-dealkylation sites (tertiary alicyclic amines) is 1. The summed E-state index contributed by atoms with van der Waals surface area (Å²) >= 11 is 0. The van der Waals surface area contributed by atoms with E-state index in [9.17, 15) is 9.59 Å². The molecule has 0 aliphatic carbocycles. The highest BCUT2D eigenvalue weighted by atomic mass is 16.2. The van der Waals surface area contributed by atoms with E-state index in [1.165, 1.54) is 6.42 Å². The number of carbonyl (C=O) groups excluding carboxylic acids is 2. The maximum absolute atomic E-state index is 12.6. The number of aryl methyl sites for hydroxylation is 1. The van der Waals surface area contributed by atoms with Gasteiger partial charge in [-0.3, -0.25) is 14.5 Å². The van der Waals surface area contributed by atoms with E-state index >= 15 is 0 Å². The fraction of sp³-hybridized carbons (Fsp3) is 0.609. The van der Waals surface area contributed by atoms with Crippen molar-refractivity contribution < 1.29 is 9.59 Å². The van der Waals surface area contributed by atoms with Crippen molar-refractivity contribution >= 4 is 22.8 Å². The van der Waals surface area contributed by atoms with Crippen molar-refractivity contribution in [3.63, 3.8) is 0 Å². The zero-order valence-corrected chi connectivity index (χ0v) is 17.7. The van der Waals surface area contributed by atoms with Gasteiger partial charge in [-0.25, -0.2) is 4.98 Å². The standard InChI is InChI=1S/C23H31N5O2/c1-26-20-6-3-2-5-18(20)25-21(26)9-10-24-22(29)15-27-12-16-11-17(14-27)19-7-4-8-23(30)28(19)13-16/h2-3,5-6,16-17,19H,4,7-15H2,1H3,(H,24,29)/t16-,17-,19-/m1/s1. The Hall–Kier alpha value is -2.41. The Morgan fingerprint density at radius 2 is 2.10 bits per heavy atom. The summed E-state index contributed by atoms with van der Waals surface area (Å²) in [7, 11) is 2.03. The number of amides is 2. The third kappa shape index (κ3) is 3.71. The second-order valence-electron chi connectivity index (χ2n) is 9.24. The second-order valence-corrected chi connectivity index (χ2v) is 9.24. The van der Waals surface area contributed by atoms with Crippen molar-refractivity contribution in [1.29, 1.82) is 0 Å². The molecular formula is C23H31N5O2. The van der Waals surface area contributed by atoms with E-state index in [0.29, 0.717) is 43.3 Å². The Bertz CT molecular complexity index is 954. The molecule has 3 atom stereocenters. The summed E-state index contributed by atoms with van der Waals surface area (Å²) in [5.41, 5.74) is 2.12. The summed E-state index contributed by atoms with van der Waals surface area (Å²) in [6, 6.07) is 8.50. The lowest BCUT2D eigenvalue weighted by molar-refractivity contribution is -0.145. The van der Waals surface area contributed by atoms with Gasteiger partial charge >= 0.3 is 0 Å². The number of imidazole rings is 1. The van der Waals surface area contributed by atoms with Crippen LogP contribution in [0.5, 0.6) is 0 Å². The zero-order chi connectivity index (χ0) is 20.7. The van der Waals surface area contributed by atoms with Crippen molar-refractivity contribution in [2.75, 3.05) is 32.7 Å². The minimum atomic E-state index is 0.0883. The molecule has 160 valence electrons. The van der Waals surface area contributed by atoms with E-state index in [2.05, 4.69) is 30.7 Å². The summed E-state index contributed by atoms with van der Waals surface area (Å²) in [4.78, 5) is 34.0. The van der Waals surface area contributed by atoms with Crippen LogP contribution in [0.4, 0.5) is 0 Å². The van der Waals surface area contributed by atoms with Crippen LogP contribution in [0.25, 0.3) is 11.0 Å². The van der Waals surface area contributed by atoms with Gasteiger partial charge in [0.25, 0.3) is 0 Å². The van der Waals surface area contributed by atoms with E-state index < -0.39 is 0 Å². The van der Waals surface area contributed by atoms with Crippen LogP contribution in [0.3, 0.4) is 0 Å². The smallest absolute Gasteiger partial charge is 0.234 e. The number of benzene rings is 1. The van der Waals surface area contributed by atoms with Gasteiger partial charge in [-0.05, 0) is 43.2 Å². The molecule has 0 unspecified atom stereocenters. The van der Waals surface area contributed by atoms with Crippen LogP contribution in [0.15, 0.2) is 24.3 Å². The monoisotopic (exact) mass is 409 g/mol. The lowest BCUT2D eigenvalue weighted by Crippen LogP contribution is -2.61. The van der Waals surface area contributed by atoms with Gasteiger partial charge in [0.1, 0.15) is 5.82 Å². The molecular weight excluding hydrogens is 378 g/mol. The minimum Gasteiger partial charge on any atom is -0.355 e. The van der Waals surface area contributed by atoms with E-state index in [1.54, 1.807) is 0 Å². The maximum Gasteiger partial charge on any atom is 0.234 e. The molecule has 3 aliphatic heterocycles. The Morgan fingerprint density at radius 3 is 2.97 bits per heavy atom. The lowest BCUT2D eigenvalue weighted by atomic mass is 9.76. The molecule has 3 saturated heterocycles. The predicted molar refractivity (Wildman–Crippen MR) is 115 cm³/mol. The van der Waals surface area contributed by atoms with Crippen LogP contribution in [-0.4, -0.2) is 69.9 Å². The Balaban J connectivity index is 1.13. The highest BCUT2D eigenvalue weighted by molar-refractivity contribution is 5.79. The summed E-state index contributed by atoms with van der Waals surface area (Å²) in [5.74, 6) is 2.45. The summed E-state index contributed by atoms with van der Waals surface area (Å²) in [6.45, 7) is 3.79. The number of hydrogen-bond donors (Lipinski definition) is 1. The maximum atomic E-state index is 12.6. The summed E-state index contributed by atoms with van der Waals surface area (Å²) in [6.07, 6.45) is 4.79. The first-order chi connectivity index (χ1) is 14.6. The van der Waals surface area contributed by atoms with Crippen molar-refractivity contribution in [1.82, 2.24) is 24.7 Å². The molecule has 1 N–H and O–H groups in total. The first kappa shape index (κ1) is 19.5. The van der Waals surface area contributed by atoms with Gasteiger partial charge in [0.2, 0.25) is 11.8 Å². The fourth-order valence-electron chi connectivity index (χ4n) is 5.83. The van der Waals surface area contributed by atoms with Crippen molar-refractivity contribution in [2.24, 2.45) is 18.9 Å². The molecule has 7 heteroatoms. The van der Waals surface area contributed by atoms with Crippen LogP contribution >= 0.6 is 0 Å². The number of rotatable bonds is 5. The molecule has 5 rings (SSSR count). The predicted octanol–water partition coefficient (Wildman–Crippen LogP) is 1.56. The normalized spacial score (nSPS) is 26.6. The quantitative estimate of drug-likeness (QED) is 0.814. The minimum absolute atomic E-state index is 0.0883. The van der Waals surface area contributed by atoms with E-state index in [-0.39, 0.29) is 5.91 Å². The van der Waals surface area contributed by atoms with Gasteiger partial charge in [0.05, 0.1) is 17.6 Å². The third-order valence-corrected chi connectivity index (χ3v) is 7.17. The first-order valence-electron chi connectivity index (χ1n) is 11.3. The molecule has 1 aromatic heterocycles. The largest absolute Gasteiger partial charge is 0.355 e. The first-order valence-corrected chi connectivity index (χ1v) is 11.3. The molecule has 1 aromatic carbocycles. The van der Waals surface area contributed by atoms with Crippen molar-refractivity contribution in [3.8, 4) is 0 Å². The number of aromatic nitrogens is 2. The average molecular weight is 410 g/mol. The number of nitrogens with zero attached hydrogens (tertiary/aromatic N) is 4. The van der Waals surface area contributed by atoms with Crippen molar-refractivity contribution in [2.45, 2.75) is 38.1 Å². The molecule has 3 aliphatic rings. The lowest BCUT2D eigenvalue weighted by Gasteiger charge is -2.52. The highest BCUT2D eigenvalue weighted by Gasteiger charge is 2.43. The third-order valence-electron chi connectivity index (χ3n) is 7.17. The summed E-state index contributed by atoms with van der Waals surface area (Å²) < 4.78 is 2.10. The van der Waals surface area contributed by atoms with E-state index in [4.69, 9.17) is 0 Å². The van der Waals surface area contributed by atoms with Crippen LogP contribution in [0.2, 0.25) is 0 Å². The fourth-order valence-corrected chi connectivity index (χ4v) is 5.83. The van der Waals surface area contributed by atoms with Gasteiger partial charge in [-0.1, -0.05) is 12.1 Å². The van der Waals surface area contributed by atoms with E-state index in [1.807, 2.05) is 25.2 Å². The van der Waals surface area contributed by atoms with Gasteiger partial charge in [0, 0.05) is 52.1 Å². The molecule has 0 spiro atoms. The SMILES string of the molecule is Cn1c(CCNC(=O)CN2C[C@H]3C[C@H](C2)[C@H]2CCCC(=O)N2C3)nc2ccccc21. The molecule has 7 nitrogen and oxygen atoms in total. The van der Waals surface area contributed by atoms with Gasteiger partial charge in [0.15, 0.2) is 0 Å². The number of hydrogen-bond acceptors (Lipinski definition) is 4. The summed E-state index contributed by atoms with van der Waals surface area (Å²) in [5, 5.41) is 3.08. The Labute approximate surface area is 177 Å². The zero-order valence-electron chi connectivity index (χ0n) is 17.7. The number of carbonyl (C=O) groups is 2. The van der Waals surface area contributed by atoms with Crippen molar-refractivity contribution in [3.05, 3.63) is 30.1 Å². The molecule has 3 fully saturated rings. The second kappa shape index (κ2) is 8.02. The van der Waals surface area contributed by atoms with Crippen LogP contribution < -0.4 is 5.32 Å². The number of nitrogens with one attached hydrogen (secondary N) is 1. The number of fused-ring (bicyclic) bond motifs is 5. The van der Waals surface area contributed by atoms with Crippen LogP contribution in [-0.2, 0) is 23.1 Å². The number of para-hydroxylation sites is 2. The van der Waals surface area contributed by atoms with Crippen LogP contribution in [0.1, 0.15) is 31.5 Å². The molecule has 0 radical (unpaired) electrons. The van der Waals surface area contributed by atoms with Gasteiger partial charge in [-0.15, -0.1) is 0 Å². The van der Waals surface area contributed by atoms with Crippen LogP contribution in [0, 0.1) is 11.8 Å². The molecule has 30 heavy (non-hydrogen) atoms. The average Bonchev–Trinajstić information content (AvgIpc) is 3.05. The Kier molecular flexibility index (Phi) is 5.23. The Morgan fingerprint density at radius 1 is 1.23 bits per heavy atom. The number of piperidine rings is 3. The molecule has 2 amide bonds. The molecule has 0 saturated carbocycles. The molecule has 4 heterocycles. The van der Waals surface area contributed by atoms with Gasteiger partial charge < -0.3 is 14.8 Å². The molecule has 2 aromatic rings. The van der Waals surface area contributed by atoms with E-state index in [0.717, 1.165) is 55.8 Å². The topological polar surface area (TPSA) is 70.5 Å². The van der Waals surface area contributed by atoms with Gasteiger partial charge in [-0.2, -0.15) is 0 Å². The molecule has 2 bridgehead atoms. The highest BCUT2D eigenvalue weighted by Crippen LogP contribution is 2.37.